The van der Waals surface area contributed by atoms with Crippen LogP contribution in [0, 0.1) is 11.7 Å². The lowest BCUT2D eigenvalue weighted by Crippen LogP contribution is -2.34. The van der Waals surface area contributed by atoms with Gasteiger partial charge >= 0.3 is 6.36 Å². The molecule has 2 aliphatic rings. The molecule has 1 aliphatic heterocycles. The molecule has 0 aromatic heterocycles. The van der Waals surface area contributed by atoms with Gasteiger partial charge in [-0.05, 0) is 49.9 Å². The van der Waals surface area contributed by atoms with Crippen LogP contribution in [0.4, 0.5) is 17.6 Å². The van der Waals surface area contributed by atoms with E-state index in [1.165, 1.54) is 12.0 Å². The van der Waals surface area contributed by atoms with Crippen molar-refractivity contribution in [1.29, 1.82) is 0 Å². The third-order valence-corrected chi connectivity index (χ3v) is 4.80. The van der Waals surface area contributed by atoms with Gasteiger partial charge in [0, 0.05) is 17.4 Å². The van der Waals surface area contributed by atoms with Crippen LogP contribution in [0.2, 0.25) is 0 Å². The highest BCUT2D eigenvalue weighted by Crippen LogP contribution is 2.57. The van der Waals surface area contributed by atoms with Crippen molar-refractivity contribution in [3.8, 4) is 5.75 Å². The highest BCUT2D eigenvalue weighted by atomic mass is 19.4. The SMILES string of the molecule is C[C]([C@@H]1CCCN1)C1(c2ccc(F)c(OC(F)(F)F)c2)CC1. The van der Waals surface area contributed by atoms with E-state index in [0.717, 1.165) is 38.3 Å². The molecule has 0 spiro atoms. The van der Waals surface area contributed by atoms with Crippen molar-refractivity contribution in [3.05, 3.63) is 35.5 Å². The molecule has 1 saturated heterocycles. The summed E-state index contributed by atoms with van der Waals surface area (Å²) in [5.74, 6) is -0.508. The van der Waals surface area contributed by atoms with Crippen molar-refractivity contribution < 1.29 is 22.3 Å². The number of halogens is 4. The van der Waals surface area contributed by atoms with Crippen LogP contribution in [0.15, 0.2) is 18.2 Å². The maximum Gasteiger partial charge on any atom is 0.573 e. The van der Waals surface area contributed by atoms with E-state index in [-0.39, 0.29) is 5.41 Å². The molecule has 1 aliphatic carbocycles. The van der Waals surface area contributed by atoms with E-state index in [0.29, 0.717) is 11.6 Å². The molecule has 121 valence electrons. The van der Waals surface area contributed by atoms with Crippen LogP contribution in [-0.2, 0) is 5.41 Å². The maximum absolute atomic E-state index is 13.6. The molecule has 1 heterocycles. The van der Waals surface area contributed by atoms with Crippen LogP contribution in [0.3, 0.4) is 0 Å². The molecular formula is C16H18F4NO. The summed E-state index contributed by atoms with van der Waals surface area (Å²) in [5, 5.41) is 3.41. The van der Waals surface area contributed by atoms with E-state index in [1.54, 1.807) is 6.07 Å². The molecule has 1 N–H and O–H groups in total. The minimum Gasteiger partial charge on any atom is -0.403 e. The van der Waals surface area contributed by atoms with Gasteiger partial charge < -0.3 is 10.1 Å². The van der Waals surface area contributed by atoms with Gasteiger partial charge in [-0.3, -0.25) is 0 Å². The number of alkyl halides is 3. The first-order valence-corrected chi connectivity index (χ1v) is 7.45. The third kappa shape index (κ3) is 2.93. The predicted octanol–water partition coefficient (Wildman–Crippen LogP) is 4.10. The van der Waals surface area contributed by atoms with E-state index in [4.69, 9.17) is 0 Å². The van der Waals surface area contributed by atoms with Gasteiger partial charge in [0.1, 0.15) is 0 Å². The molecular weight excluding hydrogens is 298 g/mol. The molecule has 0 amide bonds. The minimum absolute atomic E-state index is 0.237. The number of benzene rings is 1. The Balaban J connectivity index is 1.86. The zero-order chi connectivity index (χ0) is 16.0. The van der Waals surface area contributed by atoms with Crippen molar-refractivity contribution in [2.24, 2.45) is 0 Å². The molecule has 1 atom stereocenters. The summed E-state index contributed by atoms with van der Waals surface area (Å²) in [5.41, 5.74) is 0.471. The van der Waals surface area contributed by atoms with Gasteiger partial charge in [0.15, 0.2) is 11.6 Å². The molecule has 0 bridgehead atoms. The zero-order valence-electron chi connectivity index (χ0n) is 12.3. The Labute approximate surface area is 126 Å². The maximum atomic E-state index is 13.6. The fourth-order valence-corrected chi connectivity index (χ4v) is 3.43. The molecule has 0 unspecified atom stereocenters. The van der Waals surface area contributed by atoms with Crippen LogP contribution in [0.25, 0.3) is 0 Å². The van der Waals surface area contributed by atoms with Gasteiger partial charge in [-0.2, -0.15) is 0 Å². The van der Waals surface area contributed by atoms with Gasteiger partial charge in [-0.15, -0.1) is 13.2 Å². The second-order valence-corrected chi connectivity index (χ2v) is 6.11. The molecule has 2 fully saturated rings. The standard InChI is InChI=1S/C16H18F4NO/c1-10(13-3-2-8-21-13)15(6-7-15)11-4-5-12(17)14(9-11)22-16(18,19)20/h4-5,9,13,21H,2-3,6-8H2,1H3/t13-/m0/s1. The Morgan fingerprint density at radius 3 is 2.59 bits per heavy atom. The molecule has 22 heavy (non-hydrogen) atoms. The van der Waals surface area contributed by atoms with E-state index in [2.05, 4.69) is 10.1 Å². The Kier molecular flexibility index (Phi) is 3.83. The molecule has 6 heteroatoms. The quantitative estimate of drug-likeness (QED) is 0.844. The first kappa shape index (κ1) is 15.6. The monoisotopic (exact) mass is 316 g/mol. The van der Waals surface area contributed by atoms with Crippen LogP contribution in [0.5, 0.6) is 5.75 Å². The average molecular weight is 316 g/mol. The molecule has 2 nitrogen and oxygen atoms in total. The molecule has 1 aromatic rings. The Morgan fingerprint density at radius 2 is 2.05 bits per heavy atom. The van der Waals surface area contributed by atoms with E-state index < -0.39 is 17.9 Å². The minimum atomic E-state index is -4.89. The average Bonchev–Trinajstić information content (AvgIpc) is 3.06. The second kappa shape index (κ2) is 5.41. The summed E-state index contributed by atoms with van der Waals surface area (Å²) in [6.07, 6.45) is -0.977. The van der Waals surface area contributed by atoms with Gasteiger partial charge in [0.05, 0.1) is 0 Å². The Bertz CT molecular complexity index is 548. The van der Waals surface area contributed by atoms with Crippen LogP contribution < -0.4 is 10.1 Å². The lowest BCUT2D eigenvalue weighted by atomic mass is 9.79. The van der Waals surface area contributed by atoms with E-state index in [9.17, 15) is 17.6 Å². The fourth-order valence-electron chi connectivity index (χ4n) is 3.43. The highest BCUT2D eigenvalue weighted by molar-refractivity contribution is 5.44. The van der Waals surface area contributed by atoms with Crippen molar-refractivity contribution in [2.45, 2.75) is 50.4 Å². The number of ether oxygens (including phenoxy) is 1. The third-order valence-electron chi connectivity index (χ3n) is 4.80. The lowest BCUT2D eigenvalue weighted by molar-refractivity contribution is -0.275. The Hall–Kier alpha value is -1.30. The van der Waals surface area contributed by atoms with Crippen LogP contribution in [0.1, 0.15) is 38.2 Å². The summed E-state index contributed by atoms with van der Waals surface area (Å²) >= 11 is 0. The molecule has 3 rings (SSSR count). The Morgan fingerprint density at radius 1 is 1.32 bits per heavy atom. The largest absolute Gasteiger partial charge is 0.573 e. The second-order valence-electron chi connectivity index (χ2n) is 6.11. The van der Waals surface area contributed by atoms with Crippen molar-refractivity contribution >= 4 is 0 Å². The smallest absolute Gasteiger partial charge is 0.403 e. The first-order valence-electron chi connectivity index (χ1n) is 7.45. The highest BCUT2D eigenvalue weighted by Gasteiger charge is 2.52. The van der Waals surface area contributed by atoms with Crippen molar-refractivity contribution in [1.82, 2.24) is 5.32 Å². The summed E-state index contributed by atoms with van der Waals surface area (Å²) in [6, 6.07) is 4.13. The summed E-state index contributed by atoms with van der Waals surface area (Å²) in [7, 11) is 0. The number of hydrogen-bond acceptors (Lipinski definition) is 2. The molecule has 1 aromatic carbocycles. The topological polar surface area (TPSA) is 21.3 Å². The summed E-state index contributed by atoms with van der Waals surface area (Å²) in [6.45, 7) is 3.01. The summed E-state index contributed by atoms with van der Waals surface area (Å²) in [4.78, 5) is 0. The van der Waals surface area contributed by atoms with E-state index in [1.807, 2.05) is 6.92 Å². The van der Waals surface area contributed by atoms with Gasteiger partial charge in [0.25, 0.3) is 0 Å². The number of rotatable bonds is 4. The zero-order valence-corrected chi connectivity index (χ0v) is 12.3. The van der Waals surface area contributed by atoms with Gasteiger partial charge in [0.2, 0.25) is 0 Å². The predicted molar refractivity (Wildman–Crippen MR) is 73.9 cm³/mol. The van der Waals surface area contributed by atoms with Crippen molar-refractivity contribution in [2.75, 3.05) is 6.54 Å². The van der Waals surface area contributed by atoms with Crippen molar-refractivity contribution in [3.63, 3.8) is 0 Å². The number of nitrogens with one attached hydrogen (secondary N) is 1. The van der Waals surface area contributed by atoms with Gasteiger partial charge in [-0.1, -0.05) is 13.0 Å². The normalized spacial score (nSPS) is 23.8. The fraction of sp³-hybridized carbons (Fsp3) is 0.562. The molecule has 1 radical (unpaired) electrons. The molecule has 1 saturated carbocycles. The van der Waals surface area contributed by atoms with Crippen LogP contribution in [-0.4, -0.2) is 18.9 Å². The van der Waals surface area contributed by atoms with Gasteiger partial charge in [-0.25, -0.2) is 4.39 Å². The first-order chi connectivity index (χ1) is 10.3. The van der Waals surface area contributed by atoms with E-state index >= 15 is 0 Å². The lowest BCUT2D eigenvalue weighted by Gasteiger charge is -2.29. The summed E-state index contributed by atoms with van der Waals surface area (Å²) < 4.78 is 54.5. The van der Waals surface area contributed by atoms with Crippen LogP contribution >= 0.6 is 0 Å². The number of hydrogen-bond donors (Lipinski definition) is 1.